The molecule has 2 amide bonds. The van der Waals surface area contributed by atoms with E-state index in [1.807, 2.05) is 6.07 Å². The van der Waals surface area contributed by atoms with E-state index in [2.05, 4.69) is 5.32 Å². The molecule has 1 saturated heterocycles. The second kappa shape index (κ2) is 5.99. The number of halogens is 1. The van der Waals surface area contributed by atoms with E-state index >= 15 is 0 Å². The lowest BCUT2D eigenvalue weighted by atomic mass is 10.2. The van der Waals surface area contributed by atoms with Gasteiger partial charge in [0, 0.05) is 13.0 Å². The highest BCUT2D eigenvalue weighted by Crippen LogP contribution is 2.25. The summed E-state index contributed by atoms with van der Waals surface area (Å²) in [6, 6.07) is 4.51. The number of anilines is 1. The van der Waals surface area contributed by atoms with Crippen molar-refractivity contribution in [2.75, 3.05) is 11.9 Å². The smallest absolute Gasteiger partial charge is 0.326 e. The van der Waals surface area contributed by atoms with Gasteiger partial charge in [0.25, 0.3) is 0 Å². The first kappa shape index (κ1) is 15.1. The normalized spacial score (nSPS) is 20.9. The number of carboxylic acid groups (broad SMARTS) is 1. The van der Waals surface area contributed by atoms with Crippen molar-refractivity contribution in [2.45, 2.75) is 18.6 Å². The van der Waals surface area contributed by atoms with Gasteiger partial charge in [0.15, 0.2) is 0 Å². The van der Waals surface area contributed by atoms with Gasteiger partial charge in [0.05, 0.1) is 28.4 Å². The molecular weight excluding hydrogens is 298 g/mol. The Labute approximate surface area is 125 Å². The summed E-state index contributed by atoms with van der Waals surface area (Å²) in [5.41, 5.74) is 0.615. The minimum absolute atomic E-state index is 0.0101. The van der Waals surface area contributed by atoms with Crippen molar-refractivity contribution in [3.05, 3.63) is 28.8 Å². The van der Waals surface area contributed by atoms with Crippen LogP contribution in [0, 0.1) is 11.3 Å². The molecule has 0 radical (unpaired) electrons. The van der Waals surface area contributed by atoms with Crippen LogP contribution in [-0.4, -0.2) is 45.8 Å². The number of rotatable bonds is 2. The number of nitrogens with zero attached hydrogens (tertiary/aromatic N) is 2. The average Bonchev–Trinajstić information content (AvgIpc) is 2.83. The number of urea groups is 1. The quantitative estimate of drug-likeness (QED) is 0.761. The van der Waals surface area contributed by atoms with E-state index in [-0.39, 0.29) is 23.7 Å². The molecule has 21 heavy (non-hydrogen) atoms. The summed E-state index contributed by atoms with van der Waals surface area (Å²) in [7, 11) is 0. The predicted octanol–water partition coefficient (Wildman–Crippen LogP) is 1.26. The molecule has 1 heterocycles. The van der Waals surface area contributed by atoms with Crippen LogP contribution in [0.4, 0.5) is 10.5 Å². The van der Waals surface area contributed by atoms with Gasteiger partial charge in [0.2, 0.25) is 0 Å². The van der Waals surface area contributed by atoms with E-state index in [4.69, 9.17) is 22.0 Å². The zero-order valence-corrected chi connectivity index (χ0v) is 11.5. The Kier molecular flexibility index (Phi) is 4.31. The summed E-state index contributed by atoms with van der Waals surface area (Å²) < 4.78 is 0. The molecule has 110 valence electrons. The number of nitriles is 1. The van der Waals surface area contributed by atoms with Gasteiger partial charge in [-0.1, -0.05) is 11.6 Å². The number of hydrogen-bond donors (Lipinski definition) is 3. The molecule has 0 spiro atoms. The number of carbonyl (C=O) groups is 2. The Morgan fingerprint density at radius 1 is 1.48 bits per heavy atom. The maximum absolute atomic E-state index is 12.1. The number of nitrogens with one attached hydrogen (secondary N) is 1. The van der Waals surface area contributed by atoms with Gasteiger partial charge in [-0.2, -0.15) is 5.26 Å². The van der Waals surface area contributed by atoms with E-state index in [1.54, 1.807) is 0 Å². The number of carbonyl (C=O) groups excluding carboxylic acids is 1. The third kappa shape index (κ3) is 3.24. The predicted molar refractivity (Wildman–Crippen MR) is 73.9 cm³/mol. The van der Waals surface area contributed by atoms with Crippen molar-refractivity contribution in [1.82, 2.24) is 4.90 Å². The SMILES string of the molecule is N#Cc1ccc(NC(=O)N2CC(O)C[C@H]2C(=O)O)c(Cl)c1. The van der Waals surface area contributed by atoms with Gasteiger partial charge in [-0.3, -0.25) is 0 Å². The van der Waals surface area contributed by atoms with Crippen LogP contribution >= 0.6 is 11.6 Å². The van der Waals surface area contributed by atoms with E-state index in [0.717, 1.165) is 4.90 Å². The molecule has 2 rings (SSSR count). The summed E-state index contributed by atoms with van der Waals surface area (Å²) in [6.07, 6.45) is -0.877. The van der Waals surface area contributed by atoms with Gasteiger partial charge in [-0.05, 0) is 18.2 Å². The Balaban J connectivity index is 2.14. The van der Waals surface area contributed by atoms with Crippen molar-refractivity contribution < 1.29 is 19.8 Å². The fourth-order valence-electron chi connectivity index (χ4n) is 2.15. The Bertz CT molecular complexity index is 628. The monoisotopic (exact) mass is 309 g/mol. The van der Waals surface area contributed by atoms with Crippen molar-refractivity contribution in [1.29, 1.82) is 5.26 Å². The lowest BCUT2D eigenvalue weighted by Gasteiger charge is -2.21. The standard InChI is InChI=1S/C13H12ClN3O4/c14-9-3-7(5-15)1-2-10(9)16-13(21)17-6-8(18)4-11(17)12(19)20/h1-3,8,11,18H,4,6H2,(H,16,21)(H,19,20)/t8?,11-/m0/s1. The van der Waals surface area contributed by atoms with Gasteiger partial charge in [-0.25, -0.2) is 9.59 Å². The maximum atomic E-state index is 12.1. The molecule has 1 aromatic rings. The van der Waals surface area contributed by atoms with Crippen LogP contribution in [0.2, 0.25) is 5.02 Å². The lowest BCUT2D eigenvalue weighted by molar-refractivity contribution is -0.141. The second-order valence-electron chi connectivity index (χ2n) is 4.63. The third-order valence-corrected chi connectivity index (χ3v) is 3.48. The highest BCUT2D eigenvalue weighted by atomic mass is 35.5. The number of aliphatic hydroxyl groups excluding tert-OH is 1. The van der Waals surface area contributed by atoms with Gasteiger partial charge < -0.3 is 20.4 Å². The number of aliphatic carboxylic acids is 1. The van der Waals surface area contributed by atoms with Crippen molar-refractivity contribution in [2.24, 2.45) is 0 Å². The van der Waals surface area contributed by atoms with Gasteiger partial charge in [-0.15, -0.1) is 0 Å². The van der Waals surface area contributed by atoms with Gasteiger partial charge in [0.1, 0.15) is 6.04 Å². The molecule has 2 atom stereocenters. The molecule has 1 fully saturated rings. The Hall–Kier alpha value is -2.30. The third-order valence-electron chi connectivity index (χ3n) is 3.16. The summed E-state index contributed by atoms with van der Waals surface area (Å²) in [5, 5.41) is 29.9. The summed E-state index contributed by atoms with van der Waals surface area (Å²) >= 11 is 5.94. The molecule has 0 bridgehead atoms. The molecule has 7 nitrogen and oxygen atoms in total. The zero-order chi connectivity index (χ0) is 15.6. The molecule has 1 aliphatic heterocycles. The number of β-amino-alcohol motifs (C(OH)–C–C–N with tert-alkyl or cyclic N) is 1. The number of likely N-dealkylation sites (tertiary alicyclic amines) is 1. The van der Waals surface area contributed by atoms with Crippen molar-refractivity contribution >= 4 is 29.3 Å². The minimum Gasteiger partial charge on any atom is -0.480 e. The van der Waals surface area contributed by atoms with E-state index in [0.29, 0.717) is 5.56 Å². The highest BCUT2D eigenvalue weighted by molar-refractivity contribution is 6.33. The van der Waals surface area contributed by atoms with Crippen molar-refractivity contribution in [3.63, 3.8) is 0 Å². The molecule has 3 N–H and O–H groups in total. The number of hydrogen-bond acceptors (Lipinski definition) is 4. The maximum Gasteiger partial charge on any atom is 0.326 e. The first-order valence-corrected chi connectivity index (χ1v) is 6.48. The van der Waals surface area contributed by atoms with Crippen LogP contribution in [0.5, 0.6) is 0 Å². The van der Waals surface area contributed by atoms with Gasteiger partial charge >= 0.3 is 12.0 Å². The lowest BCUT2D eigenvalue weighted by Crippen LogP contribution is -2.43. The van der Waals surface area contributed by atoms with E-state index in [1.165, 1.54) is 18.2 Å². The summed E-state index contributed by atoms with van der Waals surface area (Å²) in [5.74, 6) is -1.17. The number of benzene rings is 1. The van der Waals surface area contributed by atoms with E-state index < -0.39 is 24.1 Å². The molecule has 1 aromatic carbocycles. The van der Waals surface area contributed by atoms with Crippen LogP contribution in [0.1, 0.15) is 12.0 Å². The summed E-state index contributed by atoms with van der Waals surface area (Å²) in [4.78, 5) is 24.2. The second-order valence-corrected chi connectivity index (χ2v) is 5.04. The highest BCUT2D eigenvalue weighted by Gasteiger charge is 2.39. The molecular formula is C13H12ClN3O4. The topological polar surface area (TPSA) is 114 Å². The van der Waals surface area contributed by atoms with Crippen LogP contribution in [0.3, 0.4) is 0 Å². The van der Waals surface area contributed by atoms with E-state index in [9.17, 15) is 14.7 Å². The first-order valence-electron chi connectivity index (χ1n) is 6.10. The van der Waals surface area contributed by atoms with Crippen LogP contribution in [0.15, 0.2) is 18.2 Å². The fraction of sp³-hybridized carbons (Fsp3) is 0.308. The van der Waals surface area contributed by atoms with Crippen LogP contribution in [0.25, 0.3) is 0 Å². The molecule has 0 aliphatic carbocycles. The summed E-state index contributed by atoms with van der Waals surface area (Å²) in [6.45, 7) is -0.0588. The molecule has 1 unspecified atom stereocenters. The first-order chi connectivity index (χ1) is 9.92. The largest absolute Gasteiger partial charge is 0.480 e. The van der Waals surface area contributed by atoms with Crippen molar-refractivity contribution in [3.8, 4) is 6.07 Å². The Morgan fingerprint density at radius 2 is 2.19 bits per heavy atom. The van der Waals surface area contributed by atoms with Crippen LogP contribution in [-0.2, 0) is 4.79 Å². The number of carboxylic acids is 1. The number of aliphatic hydroxyl groups is 1. The minimum atomic E-state index is -1.17. The molecule has 0 saturated carbocycles. The fourth-order valence-corrected chi connectivity index (χ4v) is 2.37. The molecule has 1 aliphatic rings. The van der Waals surface area contributed by atoms with Crippen LogP contribution < -0.4 is 5.32 Å². The molecule has 0 aromatic heterocycles. The molecule has 8 heteroatoms. The zero-order valence-electron chi connectivity index (χ0n) is 10.8. The Morgan fingerprint density at radius 3 is 2.76 bits per heavy atom. The average molecular weight is 310 g/mol. The number of amides is 2.